The van der Waals surface area contributed by atoms with Crippen molar-refractivity contribution in [2.45, 2.75) is 25.9 Å². The fourth-order valence-electron chi connectivity index (χ4n) is 2.36. The summed E-state index contributed by atoms with van der Waals surface area (Å²) in [5.74, 6) is -0.263. The third-order valence-corrected chi connectivity index (χ3v) is 4.14. The quantitative estimate of drug-likeness (QED) is 0.863. The molecule has 0 aliphatic carbocycles. The summed E-state index contributed by atoms with van der Waals surface area (Å²) in [6.45, 7) is 6.00. The molecular weight excluding hydrogens is 334 g/mol. The Balaban J connectivity index is 1.96. The van der Waals surface area contributed by atoms with Crippen LogP contribution >= 0.6 is 15.9 Å². The summed E-state index contributed by atoms with van der Waals surface area (Å²) in [5.41, 5.74) is 0.547. The highest BCUT2D eigenvalue weighted by molar-refractivity contribution is 9.10. The molecular formula is C15H20BrN3O2. The maximum Gasteiger partial charge on any atom is 0.251 e. The second-order valence-electron chi connectivity index (χ2n) is 5.29. The third kappa shape index (κ3) is 4.04. The van der Waals surface area contributed by atoms with Crippen LogP contribution in [-0.4, -0.2) is 48.4 Å². The molecule has 114 valence electrons. The van der Waals surface area contributed by atoms with Gasteiger partial charge in [-0.05, 0) is 38.1 Å². The first-order valence-electron chi connectivity index (χ1n) is 7.06. The Morgan fingerprint density at radius 1 is 1.38 bits per heavy atom. The minimum atomic E-state index is -0.526. The number of halogens is 1. The molecule has 1 heterocycles. The van der Waals surface area contributed by atoms with E-state index in [1.54, 1.807) is 31.2 Å². The van der Waals surface area contributed by atoms with Crippen molar-refractivity contribution in [1.82, 2.24) is 15.5 Å². The van der Waals surface area contributed by atoms with E-state index in [-0.39, 0.29) is 17.9 Å². The number of nitrogens with one attached hydrogen (secondary N) is 2. The topological polar surface area (TPSA) is 61.4 Å². The molecule has 0 spiro atoms. The van der Waals surface area contributed by atoms with E-state index in [1.165, 1.54) is 0 Å². The summed E-state index contributed by atoms with van der Waals surface area (Å²) in [5, 5.41) is 6.01. The summed E-state index contributed by atoms with van der Waals surface area (Å²) in [7, 11) is 0. The maximum absolute atomic E-state index is 12.4. The van der Waals surface area contributed by atoms with Gasteiger partial charge in [-0.3, -0.25) is 9.59 Å². The number of nitrogens with zero attached hydrogens (tertiary/aromatic N) is 1. The van der Waals surface area contributed by atoms with Gasteiger partial charge in [0.25, 0.3) is 5.91 Å². The lowest BCUT2D eigenvalue weighted by molar-refractivity contribution is -0.135. The first-order valence-corrected chi connectivity index (χ1v) is 7.86. The molecule has 5 nitrogen and oxygen atoms in total. The largest absolute Gasteiger partial charge is 0.341 e. The number of benzene rings is 1. The van der Waals surface area contributed by atoms with Crippen LogP contribution in [0.15, 0.2) is 28.7 Å². The normalized spacial score (nSPS) is 20.0. The van der Waals surface area contributed by atoms with E-state index in [0.29, 0.717) is 12.1 Å². The number of hydrogen-bond acceptors (Lipinski definition) is 3. The van der Waals surface area contributed by atoms with Crippen molar-refractivity contribution in [3.63, 3.8) is 0 Å². The molecule has 21 heavy (non-hydrogen) atoms. The van der Waals surface area contributed by atoms with Crippen LogP contribution in [0.2, 0.25) is 0 Å². The van der Waals surface area contributed by atoms with Gasteiger partial charge in [0, 0.05) is 35.7 Å². The molecule has 1 aliphatic heterocycles. The van der Waals surface area contributed by atoms with Crippen LogP contribution in [0.5, 0.6) is 0 Å². The zero-order valence-corrected chi connectivity index (χ0v) is 13.8. The van der Waals surface area contributed by atoms with Crippen molar-refractivity contribution >= 4 is 27.7 Å². The first-order chi connectivity index (χ1) is 9.99. The van der Waals surface area contributed by atoms with E-state index < -0.39 is 6.04 Å². The van der Waals surface area contributed by atoms with E-state index in [0.717, 1.165) is 17.6 Å². The average molecular weight is 354 g/mol. The molecule has 1 saturated heterocycles. The van der Waals surface area contributed by atoms with Crippen molar-refractivity contribution in [2.75, 3.05) is 19.6 Å². The summed E-state index contributed by atoms with van der Waals surface area (Å²) in [6, 6.07) is 6.69. The first kappa shape index (κ1) is 16.0. The molecule has 1 aromatic carbocycles. The van der Waals surface area contributed by atoms with Crippen LogP contribution in [0.4, 0.5) is 0 Å². The lowest BCUT2D eigenvalue weighted by atomic mass is 10.1. The molecule has 0 radical (unpaired) electrons. The molecule has 0 saturated carbocycles. The van der Waals surface area contributed by atoms with Gasteiger partial charge in [-0.15, -0.1) is 0 Å². The second-order valence-corrected chi connectivity index (χ2v) is 6.20. The molecule has 2 rings (SSSR count). The van der Waals surface area contributed by atoms with Gasteiger partial charge < -0.3 is 15.5 Å². The number of piperazine rings is 1. The van der Waals surface area contributed by atoms with Crippen molar-refractivity contribution in [3.8, 4) is 0 Å². The molecule has 2 amide bonds. The van der Waals surface area contributed by atoms with E-state index in [2.05, 4.69) is 26.6 Å². The Morgan fingerprint density at radius 3 is 2.67 bits per heavy atom. The van der Waals surface area contributed by atoms with Gasteiger partial charge in [0.15, 0.2) is 0 Å². The number of amides is 2. The van der Waals surface area contributed by atoms with Crippen LogP contribution < -0.4 is 10.6 Å². The highest BCUT2D eigenvalue weighted by Crippen LogP contribution is 2.11. The lowest BCUT2D eigenvalue weighted by Crippen LogP contribution is -2.57. The average Bonchev–Trinajstić information content (AvgIpc) is 2.47. The minimum absolute atomic E-state index is 0.0329. The molecule has 1 unspecified atom stereocenters. The summed E-state index contributed by atoms with van der Waals surface area (Å²) < 4.78 is 0.915. The van der Waals surface area contributed by atoms with E-state index in [9.17, 15) is 9.59 Å². The predicted octanol–water partition coefficient (Wildman–Crippen LogP) is 1.39. The van der Waals surface area contributed by atoms with Gasteiger partial charge in [-0.1, -0.05) is 15.9 Å². The fourth-order valence-corrected chi connectivity index (χ4v) is 2.62. The standard InChI is InChI=1S/C15H20BrN3O2/c1-10-9-17-7-8-19(10)15(21)11(2)18-14(20)12-3-5-13(16)6-4-12/h3-6,10-11,17H,7-9H2,1-2H3,(H,18,20)/t10-,11?/m1/s1. The zero-order chi connectivity index (χ0) is 15.4. The minimum Gasteiger partial charge on any atom is -0.341 e. The number of carbonyl (C=O) groups excluding carboxylic acids is 2. The molecule has 1 aromatic rings. The lowest BCUT2D eigenvalue weighted by Gasteiger charge is -2.35. The highest BCUT2D eigenvalue weighted by atomic mass is 79.9. The van der Waals surface area contributed by atoms with Crippen LogP contribution in [0.3, 0.4) is 0 Å². The van der Waals surface area contributed by atoms with Crippen molar-refractivity contribution < 1.29 is 9.59 Å². The van der Waals surface area contributed by atoms with E-state index >= 15 is 0 Å². The Morgan fingerprint density at radius 2 is 2.05 bits per heavy atom. The van der Waals surface area contributed by atoms with Gasteiger partial charge in [0.2, 0.25) is 5.91 Å². The Labute approximate surface area is 133 Å². The fraction of sp³-hybridized carbons (Fsp3) is 0.467. The SMILES string of the molecule is CC(NC(=O)c1ccc(Br)cc1)C(=O)N1CCNC[C@H]1C. The predicted molar refractivity (Wildman–Crippen MR) is 85.1 cm³/mol. The number of carbonyl (C=O) groups is 2. The van der Waals surface area contributed by atoms with Crippen LogP contribution in [-0.2, 0) is 4.79 Å². The van der Waals surface area contributed by atoms with Crippen LogP contribution in [0.1, 0.15) is 24.2 Å². The maximum atomic E-state index is 12.4. The van der Waals surface area contributed by atoms with Crippen LogP contribution in [0, 0.1) is 0 Å². The van der Waals surface area contributed by atoms with Crippen molar-refractivity contribution in [2.24, 2.45) is 0 Å². The third-order valence-electron chi connectivity index (χ3n) is 3.61. The van der Waals surface area contributed by atoms with Gasteiger partial charge in [0.1, 0.15) is 6.04 Å². The molecule has 6 heteroatoms. The molecule has 2 atom stereocenters. The molecule has 0 bridgehead atoms. The monoisotopic (exact) mass is 353 g/mol. The summed E-state index contributed by atoms with van der Waals surface area (Å²) in [4.78, 5) is 26.4. The smallest absolute Gasteiger partial charge is 0.251 e. The van der Waals surface area contributed by atoms with E-state index in [4.69, 9.17) is 0 Å². The summed E-state index contributed by atoms with van der Waals surface area (Å²) in [6.07, 6.45) is 0. The number of rotatable bonds is 3. The van der Waals surface area contributed by atoms with Crippen molar-refractivity contribution in [3.05, 3.63) is 34.3 Å². The highest BCUT2D eigenvalue weighted by Gasteiger charge is 2.27. The Hall–Kier alpha value is -1.40. The van der Waals surface area contributed by atoms with Crippen LogP contribution in [0.25, 0.3) is 0 Å². The van der Waals surface area contributed by atoms with Gasteiger partial charge in [0.05, 0.1) is 0 Å². The Kier molecular flexibility index (Phi) is 5.36. The zero-order valence-electron chi connectivity index (χ0n) is 12.2. The van der Waals surface area contributed by atoms with Gasteiger partial charge in [-0.2, -0.15) is 0 Å². The molecule has 1 fully saturated rings. The van der Waals surface area contributed by atoms with E-state index in [1.807, 2.05) is 11.8 Å². The number of hydrogen-bond donors (Lipinski definition) is 2. The van der Waals surface area contributed by atoms with Crippen molar-refractivity contribution in [1.29, 1.82) is 0 Å². The summed E-state index contributed by atoms with van der Waals surface area (Å²) >= 11 is 3.33. The molecule has 2 N–H and O–H groups in total. The van der Waals surface area contributed by atoms with Gasteiger partial charge in [-0.25, -0.2) is 0 Å². The molecule has 0 aromatic heterocycles. The second kappa shape index (κ2) is 7.04. The Bertz CT molecular complexity index is 518. The van der Waals surface area contributed by atoms with Gasteiger partial charge >= 0.3 is 0 Å². The molecule has 1 aliphatic rings.